The number of hydrogen-bond acceptors (Lipinski definition) is 15. The lowest BCUT2D eigenvalue weighted by Gasteiger charge is -2.15. The number of ether oxygens (including phenoxy) is 5. The number of halogens is 9. The average Bonchev–Trinajstić information content (AvgIpc) is 0.965. The van der Waals surface area contributed by atoms with Crippen molar-refractivity contribution in [2.24, 2.45) is 0 Å². The molecule has 0 aliphatic rings. The maximum Gasteiger partial charge on any atom is 0.387 e. The summed E-state index contributed by atoms with van der Waals surface area (Å²) in [5.41, 5.74) is 1.81. The average molecular weight is 1380 g/mol. The fourth-order valence-electron chi connectivity index (χ4n) is 7.45. The van der Waals surface area contributed by atoms with Gasteiger partial charge in [0.15, 0.2) is 23.0 Å². The number of hydrogen-bond donors (Lipinski definition) is 7. The van der Waals surface area contributed by atoms with E-state index in [0.29, 0.717) is 33.5 Å². The van der Waals surface area contributed by atoms with E-state index in [1.165, 1.54) is 117 Å². The quantitative estimate of drug-likeness (QED) is 0.0396. The molecule has 6 aromatic carbocycles. The first-order valence-electron chi connectivity index (χ1n) is 25.4. The number of carboxylic acids is 3. The third-order valence-corrected chi connectivity index (χ3v) is 14.2. The summed E-state index contributed by atoms with van der Waals surface area (Å²) in [6, 6.07) is 31.5. The number of methoxy groups -OCH3 is 1. The van der Waals surface area contributed by atoms with Crippen LogP contribution in [0.25, 0.3) is 0 Å². The number of aromatic carboxylic acids is 3. The summed E-state index contributed by atoms with van der Waals surface area (Å²) in [6.45, 7) is -1.44. The molecule has 0 aliphatic heterocycles. The maximum absolute atomic E-state index is 12.9. The third-order valence-electron chi connectivity index (χ3n) is 11.8. The number of aliphatic hydroxyl groups excluding tert-OH is 1. The van der Waals surface area contributed by atoms with Crippen molar-refractivity contribution in [3.8, 4) is 46.0 Å². The molecular weight excluding hydrogens is 1340 g/mol. The predicted octanol–water partition coefficient (Wildman–Crippen LogP) is 16.5. The molecule has 3 heterocycles. The van der Waals surface area contributed by atoms with Crippen LogP contribution in [-0.2, 0) is 6.61 Å². The van der Waals surface area contributed by atoms with Crippen LogP contribution in [0.3, 0.4) is 0 Å². The van der Waals surface area contributed by atoms with E-state index >= 15 is 0 Å². The van der Waals surface area contributed by atoms with Gasteiger partial charge in [0.05, 0.1) is 96.2 Å². The van der Waals surface area contributed by atoms with Gasteiger partial charge < -0.3 is 60.1 Å². The fraction of sp³-hybridized carbons (Fsp3) is 0.0656. The van der Waals surface area contributed by atoms with Crippen LogP contribution in [0.15, 0.2) is 152 Å². The number of aliphatic hydroxyl groups is 1. The number of alkyl halides is 2. The maximum atomic E-state index is 12.9. The lowest BCUT2D eigenvalue weighted by atomic mass is 10.1. The number of benzene rings is 6. The molecule has 21 nitrogen and oxygen atoms in total. The van der Waals surface area contributed by atoms with Gasteiger partial charge in [0.1, 0.15) is 40.1 Å². The number of amides is 3. The topological polar surface area (TPSA) is 304 Å². The van der Waals surface area contributed by atoms with E-state index in [9.17, 15) is 42.7 Å². The first-order valence-corrected chi connectivity index (χ1v) is 28.1. The van der Waals surface area contributed by atoms with Gasteiger partial charge in [-0.05, 0) is 115 Å². The van der Waals surface area contributed by atoms with E-state index in [0.717, 1.165) is 11.8 Å². The lowest BCUT2D eigenvalue weighted by Crippen LogP contribution is -2.14. The Morgan fingerprint density at radius 3 is 1.15 bits per heavy atom. The zero-order valence-corrected chi connectivity index (χ0v) is 51.5. The van der Waals surface area contributed by atoms with Gasteiger partial charge >= 0.3 is 24.5 Å². The van der Waals surface area contributed by atoms with Crippen molar-refractivity contribution in [3.63, 3.8) is 0 Å². The zero-order valence-electron chi connectivity index (χ0n) is 46.2. The largest absolute Gasteiger partial charge is 0.493 e. The van der Waals surface area contributed by atoms with Crippen LogP contribution in [0.4, 0.5) is 25.8 Å². The van der Waals surface area contributed by atoms with E-state index in [2.05, 4.69) is 35.6 Å². The number of aryl methyl sites for hydroxylation is 1. The molecule has 0 saturated heterocycles. The SMILES string of the molecule is COc1cc(CO)ccc1Oc1cc(Cl)c(Cl)cc1C(=O)Nc1ccc(C(=O)O)nc1.Cc1cc(Cl)ccc1Oc1cc(Cl)c(Cl)cc1C(=O)Nc1ccc(C(=O)O)nc1.O=C(O)c1ccc(NC(=O)c2cc(Cl)c(Cl)cc2Oc2ccccc2OC(F)F)cn1. The summed E-state index contributed by atoms with van der Waals surface area (Å²) in [5.74, 6) is -4.34. The Bertz CT molecular complexity index is 4220. The smallest absolute Gasteiger partial charge is 0.387 e. The number of rotatable bonds is 19. The van der Waals surface area contributed by atoms with Crippen molar-refractivity contribution in [3.05, 3.63) is 232 Å². The number of carboxylic acid groups (broad SMARTS) is 3. The first-order chi connectivity index (χ1) is 43.3. The first kappa shape index (κ1) is 68.9. The van der Waals surface area contributed by atoms with Crippen LogP contribution >= 0.6 is 81.2 Å². The number of carbonyl (C=O) groups is 6. The van der Waals surface area contributed by atoms with Gasteiger partial charge in [0, 0.05) is 23.2 Å². The third kappa shape index (κ3) is 19.0. The number of carbonyl (C=O) groups excluding carboxylic acids is 3. The van der Waals surface area contributed by atoms with Crippen molar-refractivity contribution in [2.45, 2.75) is 20.1 Å². The van der Waals surface area contributed by atoms with E-state index in [1.807, 2.05) is 6.92 Å². The Morgan fingerprint density at radius 1 is 0.451 bits per heavy atom. The predicted molar refractivity (Wildman–Crippen MR) is 335 cm³/mol. The molecule has 0 spiro atoms. The molecule has 7 N–H and O–H groups in total. The zero-order chi connectivity index (χ0) is 66.2. The summed E-state index contributed by atoms with van der Waals surface area (Å²) < 4.78 is 52.4. The molecule has 0 radical (unpaired) electrons. The van der Waals surface area contributed by atoms with Gasteiger partial charge in [-0.1, -0.05) is 99.4 Å². The second kappa shape index (κ2) is 31.8. The molecule has 3 aromatic heterocycles. The molecule has 30 heteroatoms. The van der Waals surface area contributed by atoms with Crippen molar-refractivity contribution in [1.82, 2.24) is 15.0 Å². The number of anilines is 3. The number of aromatic nitrogens is 3. The van der Waals surface area contributed by atoms with Crippen molar-refractivity contribution in [1.29, 1.82) is 0 Å². The number of nitrogens with one attached hydrogen (secondary N) is 3. The van der Waals surface area contributed by atoms with Crippen molar-refractivity contribution < 1.29 is 81.7 Å². The van der Waals surface area contributed by atoms with Crippen molar-refractivity contribution >= 4 is 134 Å². The molecular formula is C61H41Cl7F2N6O15. The van der Waals surface area contributed by atoms with Crippen LogP contribution in [0, 0.1) is 6.92 Å². The summed E-state index contributed by atoms with van der Waals surface area (Å²) >= 11 is 42.4. The Labute approximate surface area is 548 Å². The highest BCUT2D eigenvalue weighted by Crippen LogP contribution is 2.41. The molecule has 0 atom stereocenters. The summed E-state index contributed by atoms with van der Waals surface area (Å²) in [5, 5.41) is 45.1. The fourth-order valence-corrected chi connectivity index (χ4v) is 8.63. The second-order valence-electron chi connectivity index (χ2n) is 18.0. The monoisotopic (exact) mass is 1380 g/mol. The van der Waals surface area contributed by atoms with Gasteiger partial charge in [-0.15, -0.1) is 0 Å². The summed E-state index contributed by atoms with van der Waals surface area (Å²) in [6.07, 6.45) is 3.62. The standard InChI is InChI=1S/C21H16Cl2N2O6.C20H13Cl3N2O4.C20H12Cl2F2N2O5/c1-30-19-6-11(10-26)2-5-17(19)31-18-8-15(23)14(22)7-13(18)20(27)25-12-3-4-16(21(28)29)24-9-12;1-10-6-11(21)2-5-17(10)29-18-8-15(23)14(22)7-13(18)19(26)25-12-3-4-16(20(27)28)24-9-12;21-12-7-11(18(27)26-10-5-6-14(19(28)29)25-9-10)17(8-13(12)22)30-15-3-1-2-4-16(15)31-20(23)24/h2-9,26H,10H2,1H3,(H,25,27)(H,28,29);2-9H,1H3,(H,25,26)(H,27,28);1-9,20H,(H,26,27)(H,28,29). The van der Waals surface area contributed by atoms with Crippen LogP contribution in [0.2, 0.25) is 35.2 Å². The van der Waals surface area contributed by atoms with Crippen LogP contribution in [-0.4, -0.2) is 84.7 Å². The Balaban J connectivity index is 0.000000194. The second-order valence-corrected chi connectivity index (χ2v) is 20.9. The number of pyridine rings is 3. The van der Waals surface area contributed by atoms with Gasteiger partial charge in [0.25, 0.3) is 17.7 Å². The van der Waals surface area contributed by atoms with Crippen LogP contribution < -0.4 is 39.6 Å². The normalized spacial score (nSPS) is 10.5. The van der Waals surface area contributed by atoms with Crippen molar-refractivity contribution in [2.75, 3.05) is 23.1 Å². The molecule has 0 fully saturated rings. The highest BCUT2D eigenvalue weighted by atomic mass is 35.5. The Kier molecular flexibility index (Phi) is 24.0. The minimum atomic E-state index is -3.08. The minimum Gasteiger partial charge on any atom is -0.493 e. The molecule has 9 rings (SSSR count). The molecule has 9 aromatic rings. The van der Waals surface area contributed by atoms with E-state index in [-0.39, 0.29) is 111 Å². The number of para-hydroxylation sites is 2. The lowest BCUT2D eigenvalue weighted by molar-refractivity contribution is -0.0510. The van der Waals surface area contributed by atoms with E-state index in [4.69, 9.17) is 115 Å². The highest BCUT2D eigenvalue weighted by Gasteiger charge is 2.23. The van der Waals surface area contributed by atoms with E-state index < -0.39 is 42.2 Å². The summed E-state index contributed by atoms with van der Waals surface area (Å²) in [4.78, 5) is 82.4. The minimum absolute atomic E-state index is 0.0515. The van der Waals surface area contributed by atoms with Gasteiger partial charge in [0.2, 0.25) is 0 Å². The molecule has 0 bridgehead atoms. The van der Waals surface area contributed by atoms with Crippen LogP contribution in [0.1, 0.15) is 73.7 Å². The molecule has 0 unspecified atom stereocenters. The molecule has 91 heavy (non-hydrogen) atoms. The van der Waals surface area contributed by atoms with Gasteiger partial charge in [-0.25, -0.2) is 29.3 Å². The van der Waals surface area contributed by atoms with Gasteiger partial charge in [-0.3, -0.25) is 14.4 Å². The highest BCUT2D eigenvalue weighted by molar-refractivity contribution is 6.43. The summed E-state index contributed by atoms with van der Waals surface area (Å²) in [7, 11) is 1.44. The van der Waals surface area contributed by atoms with Gasteiger partial charge in [-0.2, -0.15) is 8.78 Å². The molecule has 0 aliphatic carbocycles. The molecule has 468 valence electrons. The molecule has 0 saturated carbocycles. The Hall–Kier alpha value is -9.56. The Morgan fingerprint density at radius 2 is 0.813 bits per heavy atom. The van der Waals surface area contributed by atoms with Crippen LogP contribution in [0.5, 0.6) is 46.0 Å². The number of nitrogens with zero attached hydrogens (tertiary/aromatic N) is 3. The molecule has 3 amide bonds. The van der Waals surface area contributed by atoms with E-state index in [1.54, 1.807) is 36.4 Å².